The van der Waals surface area contributed by atoms with Gasteiger partial charge in [-0.1, -0.05) is 44.2 Å². The number of benzene rings is 1. The lowest BCUT2D eigenvalue weighted by atomic mass is 9.99. The highest BCUT2D eigenvalue weighted by Crippen LogP contribution is 2.28. The Morgan fingerprint density at radius 3 is 2.53 bits per heavy atom. The fourth-order valence-electron chi connectivity index (χ4n) is 2.25. The molecule has 94 valence electrons. The van der Waals surface area contributed by atoms with Crippen molar-refractivity contribution in [2.45, 2.75) is 38.8 Å². The van der Waals surface area contributed by atoms with Gasteiger partial charge in [0.25, 0.3) is 0 Å². The molecule has 3 heteroatoms. The molecule has 0 amide bonds. The minimum atomic E-state index is -1.41. The third kappa shape index (κ3) is 3.66. The van der Waals surface area contributed by atoms with Gasteiger partial charge >= 0.3 is 9.28 Å². The topological polar surface area (TPSA) is 18.5 Å². The highest BCUT2D eigenvalue weighted by molar-refractivity contribution is 6.44. The molecule has 1 aromatic rings. The molecular formula is C14H22O2Si. The van der Waals surface area contributed by atoms with Gasteiger partial charge in [-0.3, -0.25) is 0 Å². The number of rotatable bonds is 4. The first-order valence-corrected chi connectivity index (χ1v) is 8.35. The maximum atomic E-state index is 6.26. The van der Waals surface area contributed by atoms with Crippen molar-refractivity contribution in [1.29, 1.82) is 0 Å². The van der Waals surface area contributed by atoms with E-state index in [4.69, 9.17) is 8.85 Å². The molecule has 1 heterocycles. The minimum Gasteiger partial charge on any atom is -0.397 e. The van der Waals surface area contributed by atoms with E-state index in [1.807, 2.05) is 0 Å². The van der Waals surface area contributed by atoms with Crippen molar-refractivity contribution < 1.29 is 8.85 Å². The van der Waals surface area contributed by atoms with E-state index in [1.165, 1.54) is 18.4 Å². The zero-order valence-electron chi connectivity index (χ0n) is 10.8. The SMILES string of the molecule is CC(C)C(O[SiH]1CCCCO1)c1ccccc1. The maximum absolute atomic E-state index is 6.26. The van der Waals surface area contributed by atoms with Crippen LogP contribution < -0.4 is 0 Å². The van der Waals surface area contributed by atoms with E-state index in [0.29, 0.717) is 5.92 Å². The van der Waals surface area contributed by atoms with Crippen molar-refractivity contribution in [3.8, 4) is 0 Å². The van der Waals surface area contributed by atoms with Gasteiger partial charge in [-0.05, 0) is 30.4 Å². The zero-order valence-corrected chi connectivity index (χ0v) is 11.9. The Balaban J connectivity index is 2.02. The Bertz CT molecular complexity index is 320. The fraction of sp³-hybridized carbons (Fsp3) is 0.571. The normalized spacial score (nSPS) is 22.6. The predicted molar refractivity (Wildman–Crippen MR) is 72.2 cm³/mol. The molecule has 1 aliphatic rings. The first kappa shape index (κ1) is 12.8. The van der Waals surface area contributed by atoms with Gasteiger partial charge in [0.05, 0.1) is 6.10 Å². The molecule has 0 radical (unpaired) electrons. The molecule has 2 rings (SSSR count). The summed E-state index contributed by atoms with van der Waals surface area (Å²) in [7, 11) is -1.41. The summed E-state index contributed by atoms with van der Waals surface area (Å²) in [5.74, 6) is 0.496. The van der Waals surface area contributed by atoms with Gasteiger partial charge in [-0.15, -0.1) is 0 Å². The lowest BCUT2D eigenvalue weighted by Gasteiger charge is -2.29. The van der Waals surface area contributed by atoms with Crippen molar-refractivity contribution in [2.24, 2.45) is 5.92 Å². The minimum absolute atomic E-state index is 0.200. The van der Waals surface area contributed by atoms with Crippen LogP contribution in [0.1, 0.15) is 38.4 Å². The van der Waals surface area contributed by atoms with Crippen molar-refractivity contribution in [3.05, 3.63) is 35.9 Å². The van der Waals surface area contributed by atoms with Crippen molar-refractivity contribution in [3.63, 3.8) is 0 Å². The Morgan fingerprint density at radius 1 is 1.18 bits per heavy atom. The average molecular weight is 250 g/mol. The molecule has 0 aliphatic carbocycles. The molecule has 0 bridgehead atoms. The molecule has 0 N–H and O–H groups in total. The van der Waals surface area contributed by atoms with Crippen LogP contribution in [0.25, 0.3) is 0 Å². The van der Waals surface area contributed by atoms with Crippen LogP contribution in [-0.2, 0) is 8.85 Å². The molecule has 1 aromatic carbocycles. The molecule has 0 saturated carbocycles. The van der Waals surface area contributed by atoms with E-state index in [2.05, 4.69) is 44.2 Å². The van der Waals surface area contributed by atoms with Crippen LogP contribution in [0.15, 0.2) is 30.3 Å². The van der Waals surface area contributed by atoms with Crippen LogP contribution in [0.4, 0.5) is 0 Å². The molecule has 2 nitrogen and oxygen atoms in total. The Labute approximate surface area is 106 Å². The smallest absolute Gasteiger partial charge is 0.321 e. The second-order valence-corrected chi connectivity index (χ2v) is 7.05. The summed E-state index contributed by atoms with van der Waals surface area (Å²) >= 11 is 0. The first-order chi connectivity index (χ1) is 8.27. The number of hydrogen-bond acceptors (Lipinski definition) is 2. The average Bonchev–Trinajstić information content (AvgIpc) is 2.38. The van der Waals surface area contributed by atoms with Gasteiger partial charge in [0.1, 0.15) is 0 Å². The highest BCUT2D eigenvalue weighted by Gasteiger charge is 2.25. The summed E-state index contributed by atoms with van der Waals surface area (Å²) in [6.45, 7) is 5.33. The van der Waals surface area contributed by atoms with Crippen LogP contribution in [0.5, 0.6) is 0 Å². The molecule has 1 saturated heterocycles. The van der Waals surface area contributed by atoms with Gasteiger partial charge in [-0.2, -0.15) is 0 Å². The first-order valence-electron chi connectivity index (χ1n) is 6.59. The summed E-state index contributed by atoms with van der Waals surface area (Å²) in [5.41, 5.74) is 1.28. The lowest BCUT2D eigenvalue weighted by Crippen LogP contribution is -2.30. The maximum Gasteiger partial charge on any atom is 0.321 e. The van der Waals surface area contributed by atoms with Crippen LogP contribution in [-0.4, -0.2) is 15.9 Å². The molecule has 1 aliphatic heterocycles. The standard InChI is InChI=1S/C14H22O2Si/c1-12(2)14(13-8-4-3-5-9-13)16-17-11-7-6-10-15-17/h3-5,8-9,12,14,17H,6-7,10-11H2,1-2H3. The monoisotopic (exact) mass is 250 g/mol. The summed E-state index contributed by atoms with van der Waals surface area (Å²) < 4.78 is 12.1. The van der Waals surface area contributed by atoms with Gasteiger partial charge in [-0.25, -0.2) is 0 Å². The Morgan fingerprint density at radius 2 is 1.94 bits per heavy atom. The van der Waals surface area contributed by atoms with Gasteiger partial charge in [0, 0.05) is 6.61 Å². The van der Waals surface area contributed by atoms with Gasteiger partial charge < -0.3 is 8.85 Å². The molecule has 0 spiro atoms. The molecule has 17 heavy (non-hydrogen) atoms. The largest absolute Gasteiger partial charge is 0.397 e. The van der Waals surface area contributed by atoms with Gasteiger partial charge in [0.2, 0.25) is 0 Å². The molecular weight excluding hydrogens is 228 g/mol. The van der Waals surface area contributed by atoms with Crippen LogP contribution in [0.3, 0.4) is 0 Å². The second kappa shape index (κ2) is 6.33. The van der Waals surface area contributed by atoms with Crippen molar-refractivity contribution >= 4 is 9.28 Å². The molecule has 2 atom stereocenters. The third-order valence-corrected chi connectivity index (χ3v) is 5.25. The van der Waals surface area contributed by atoms with Crippen molar-refractivity contribution in [1.82, 2.24) is 0 Å². The van der Waals surface area contributed by atoms with E-state index >= 15 is 0 Å². The van der Waals surface area contributed by atoms with E-state index in [0.717, 1.165) is 12.7 Å². The highest BCUT2D eigenvalue weighted by atomic mass is 28.3. The van der Waals surface area contributed by atoms with E-state index in [-0.39, 0.29) is 6.10 Å². The molecule has 0 aromatic heterocycles. The van der Waals surface area contributed by atoms with E-state index in [1.54, 1.807) is 0 Å². The zero-order chi connectivity index (χ0) is 12.1. The molecule has 1 fully saturated rings. The lowest BCUT2D eigenvalue weighted by molar-refractivity contribution is 0.0931. The second-order valence-electron chi connectivity index (χ2n) is 5.01. The third-order valence-electron chi connectivity index (χ3n) is 3.17. The quantitative estimate of drug-likeness (QED) is 0.762. The Hall–Kier alpha value is -0.643. The Kier molecular flexibility index (Phi) is 4.77. The van der Waals surface area contributed by atoms with Crippen molar-refractivity contribution in [2.75, 3.05) is 6.61 Å². The summed E-state index contributed by atoms with van der Waals surface area (Å²) in [4.78, 5) is 0. The predicted octanol–water partition coefficient (Wildman–Crippen LogP) is 3.43. The van der Waals surface area contributed by atoms with E-state index < -0.39 is 9.28 Å². The number of hydrogen-bond donors (Lipinski definition) is 0. The molecule has 2 unspecified atom stereocenters. The van der Waals surface area contributed by atoms with Crippen LogP contribution in [0, 0.1) is 5.92 Å². The summed E-state index contributed by atoms with van der Waals surface area (Å²) in [6.07, 6.45) is 2.67. The fourth-order valence-corrected chi connectivity index (χ4v) is 4.48. The van der Waals surface area contributed by atoms with E-state index in [9.17, 15) is 0 Å². The summed E-state index contributed by atoms with van der Waals surface area (Å²) in [5, 5.41) is 0. The van der Waals surface area contributed by atoms with Crippen LogP contribution in [0.2, 0.25) is 6.04 Å². The summed E-state index contributed by atoms with van der Waals surface area (Å²) in [6, 6.07) is 11.7. The van der Waals surface area contributed by atoms with Gasteiger partial charge in [0.15, 0.2) is 0 Å². The van der Waals surface area contributed by atoms with Crippen LogP contribution >= 0.6 is 0 Å².